The fourth-order valence-electron chi connectivity index (χ4n) is 4.11. The van der Waals surface area contributed by atoms with E-state index in [0.717, 1.165) is 58.3 Å². The number of hydrogen-bond donors (Lipinski definition) is 1. The Kier molecular flexibility index (Phi) is 4.20. The van der Waals surface area contributed by atoms with E-state index in [4.69, 9.17) is 9.84 Å². The van der Waals surface area contributed by atoms with Crippen LogP contribution in [-0.4, -0.2) is 47.7 Å². The van der Waals surface area contributed by atoms with E-state index in [2.05, 4.69) is 0 Å². The summed E-state index contributed by atoms with van der Waals surface area (Å²) in [6, 6.07) is 0.139. The molecular weight excluding hydrogens is 270 g/mol. The highest BCUT2D eigenvalue weighted by molar-refractivity contribution is 5.83. The first-order valence-corrected chi connectivity index (χ1v) is 8.22. The molecule has 21 heavy (non-hydrogen) atoms. The number of nitrogens with zero attached hydrogens (tertiary/aromatic N) is 1. The smallest absolute Gasteiger partial charge is 0.303 e. The van der Waals surface area contributed by atoms with Gasteiger partial charge in [-0.15, -0.1) is 0 Å². The average Bonchev–Trinajstić information content (AvgIpc) is 3.18. The monoisotopic (exact) mass is 295 g/mol. The van der Waals surface area contributed by atoms with Gasteiger partial charge in [-0.2, -0.15) is 0 Å². The van der Waals surface area contributed by atoms with Crippen LogP contribution in [0.1, 0.15) is 51.4 Å². The van der Waals surface area contributed by atoms with Crippen LogP contribution < -0.4 is 0 Å². The van der Waals surface area contributed by atoms with Crippen molar-refractivity contribution in [3.05, 3.63) is 0 Å². The zero-order chi connectivity index (χ0) is 14.9. The third-order valence-corrected chi connectivity index (χ3v) is 5.58. The van der Waals surface area contributed by atoms with Crippen molar-refractivity contribution >= 4 is 11.9 Å². The molecule has 1 amide bonds. The third kappa shape index (κ3) is 3.07. The molecule has 118 valence electrons. The van der Waals surface area contributed by atoms with Crippen LogP contribution in [0.5, 0.6) is 0 Å². The normalized spacial score (nSPS) is 31.1. The minimum absolute atomic E-state index is 0.139. The minimum atomic E-state index is -0.764. The number of piperidine rings is 1. The number of hydrogen-bond acceptors (Lipinski definition) is 3. The van der Waals surface area contributed by atoms with E-state index in [-0.39, 0.29) is 29.7 Å². The number of likely N-dealkylation sites (tertiary alicyclic amines) is 1. The van der Waals surface area contributed by atoms with Gasteiger partial charge >= 0.3 is 5.97 Å². The molecule has 5 heteroatoms. The fourth-order valence-corrected chi connectivity index (χ4v) is 4.11. The summed E-state index contributed by atoms with van der Waals surface area (Å²) >= 11 is 0. The summed E-state index contributed by atoms with van der Waals surface area (Å²) < 4.78 is 5.41. The van der Waals surface area contributed by atoms with Gasteiger partial charge in [0.2, 0.25) is 5.91 Å². The maximum atomic E-state index is 12.8. The van der Waals surface area contributed by atoms with Gasteiger partial charge in [0, 0.05) is 38.1 Å². The first kappa shape index (κ1) is 14.8. The Morgan fingerprint density at radius 2 is 2.00 bits per heavy atom. The molecule has 2 aliphatic heterocycles. The highest BCUT2D eigenvalue weighted by atomic mass is 16.5. The zero-order valence-electron chi connectivity index (χ0n) is 12.6. The highest BCUT2D eigenvalue weighted by Gasteiger charge is 2.59. The molecule has 3 fully saturated rings. The molecule has 2 atom stereocenters. The molecule has 2 heterocycles. The summed E-state index contributed by atoms with van der Waals surface area (Å²) in [5.41, 5.74) is 0.212. The molecular formula is C16H25NO4. The van der Waals surface area contributed by atoms with Crippen LogP contribution in [0.3, 0.4) is 0 Å². The Morgan fingerprint density at radius 3 is 2.71 bits per heavy atom. The predicted molar refractivity (Wildman–Crippen MR) is 76.8 cm³/mol. The largest absolute Gasteiger partial charge is 0.481 e. The predicted octanol–water partition coefficient (Wildman–Crippen LogP) is 2.05. The number of carboxylic acids is 1. The van der Waals surface area contributed by atoms with E-state index in [1.165, 1.54) is 0 Å². The molecule has 0 aromatic heterocycles. The average molecular weight is 295 g/mol. The van der Waals surface area contributed by atoms with Crippen LogP contribution in [0, 0.1) is 11.3 Å². The summed E-state index contributed by atoms with van der Waals surface area (Å²) in [5, 5.41) is 8.87. The van der Waals surface area contributed by atoms with Gasteiger partial charge in [-0.25, -0.2) is 0 Å². The van der Waals surface area contributed by atoms with Gasteiger partial charge < -0.3 is 14.7 Å². The number of carbonyl (C=O) groups excluding carboxylic acids is 1. The van der Waals surface area contributed by atoms with Gasteiger partial charge in [-0.05, 0) is 50.4 Å². The van der Waals surface area contributed by atoms with Gasteiger partial charge in [-0.3, -0.25) is 9.59 Å². The van der Waals surface area contributed by atoms with Crippen LogP contribution in [-0.2, 0) is 14.3 Å². The third-order valence-electron chi connectivity index (χ3n) is 5.58. The molecule has 0 radical (unpaired) electrons. The molecule has 0 bridgehead atoms. The molecule has 1 saturated carbocycles. The molecule has 5 nitrogen and oxygen atoms in total. The molecule has 0 aromatic rings. The van der Waals surface area contributed by atoms with E-state index >= 15 is 0 Å². The van der Waals surface area contributed by atoms with E-state index in [9.17, 15) is 9.59 Å². The van der Waals surface area contributed by atoms with Crippen LogP contribution in [0.2, 0.25) is 0 Å². The zero-order valence-corrected chi connectivity index (χ0v) is 12.6. The maximum Gasteiger partial charge on any atom is 0.303 e. The van der Waals surface area contributed by atoms with Crippen LogP contribution in [0.4, 0.5) is 0 Å². The number of amides is 1. The standard InChI is InChI=1S/C16H25NO4/c18-14(19)5-4-12-3-1-2-8-17(12)15(20)13-11-16(13)6-9-21-10-7-16/h12-13H,1-11H2,(H,18,19)/t12-,13-/m1/s1. The van der Waals surface area contributed by atoms with Crippen molar-refractivity contribution in [3.8, 4) is 0 Å². The van der Waals surface area contributed by atoms with Gasteiger partial charge in [-0.1, -0.05) is 0 Å². The van der Waals surface area contributed by atoms with Crippen LogP contribution in [0.15, 0.2) is 0 Å². The molecule has 1 aliphatic carbocycles. The van der Waals surface area contributed by atoms with Crippen LogP contribution >= 0.6 is 0 Å². The summed E-state index contributed by atoms with van der Waals surface area (Å²) in [5.74, 6) is -0.306. The van der Waals surface area contributed by atoms with Crippen molar-refractivity contribution in [2.45, 2.75) is 57.4 Å². The van der Waals surface area contributed by atoms with E-state index in [0.29, 0.717) is 6.42 Å². The lowest BCUT2D eigenvalue weighted by Gasteiger charge is -2.36. The Bertz CT molecular complexity index is 417. The van der Waals surface area contributed by atoms with E-state index in [1.807, 2.05) is 4.90 Å². The molecule has 1 N–H and O–H groups in total. The summed E-state index contributed by atoms with van der Waals surface area (Å²) in [6.07, 6.45) is 6.92. The minimum Gasteiger partial charge on any atom is -0.481 e. The Morgan fingerprint density at radius 1 is 1.24 bits per heavy atom. The van der Waals surface area contributed by atoms with E-state index in [1.54, 1.807) is 0 Å². The summed E-state index contributed by atoms with van der Waals surface area (Å²) in [4.78, 5) is 25.6. The Balaban J connectivity index is 1.60. The van der Waals surface area contributed by atoms with Crippen molar-refractivity contribution in [3.63, 3.8) is 0 Å². The second-order valence-corrected chi connectivity index (χ2v) is 6.85. The van der Waals surface area contributed by atoms with Crippen molar-refractivity contribution in [2.24, 2.45) is 11.3 Å². The Hall–Kier alpha value is -1.10. The highest BCUT2D eigenvalue weighted by Crippen LogP contribution is 2.60. The second-order valence-electron chi connectivity index (χ2n) is 6.85. The quantitative estimate of drug-likeness (QED) is 0.862. The maximum absolute atomic E-state index is 12.8. The van der Waals surface area contributed by atoms with Crippen molar-refractivity contribution in [1.29, 1.82) is 0 Å². The van der Waals surface area contributed by atoms with Gasteiger partial charge in [0.15, 0.2) is 0 Å². The van der Waals surface area contributed by atoms with Crippen molar-refractivity contribution in [2.75, 3.05) is 19.8 Å². The van der Waals surface area contributed by atoms with Crippen molar-refractivity contribution < 1.29 is 19.4 Å². The number of ether oxygens (including phenoxy) is 1. The fraction of sp³-hybridized carbons (Fsp3) is 0.875. The van der Waals surface area contributed by atoms with Gasteiger partial charge in [0.05, 0.1) is 0 Å². The number of carbonyl (C=O) groups is 2. The molecule has 3 aliphatic rings. The second kappa shape index (κ2) is 5.95. The molecule has 0 unspecified atom stereocenters. The summed E-state index contributed by atoms with van der Waals surface area (Å²) in [6.45, 7) is 2.38. The Labute approximate surface area is 125 Å². The van der Waals surface area contributed by atoms with E-state index < -0.39 is 5.97 Å². The first-order valence-electron chi connectivity index (χ1n) is 8.22. The summed E-state index contributed by atoms with van der Waals surface area (Å²) in [7, 11) is 0. The molecule has 3 rings (SSSR count). The molecule has 0 aromatic carbocycles. The molecule has 1 spiro atoms. The lowest BCUT2D eigenvalue weighted by molar-refractivity contribution is -0.141. The van der Waals surface area contributed by atoms with Crippen molar-refractivity contribution in [1.82, 2.24) is 4.90 Å². The number of carboxylic acid groups (broad SMARTS) is 1. The van der Waals surface area contributed by atoms with Gasteiger partial charge in [0.1, 0.15) is 0 Å². The first-order chi connectivity index (χ1) is 10.1. The SMILES string of the molecule is O=C(O)CC[C@H]1CCCCN1C(=O)[C@H]1CC12CCOCC2. The van der Waals surface area contributed by atoms with Gasteiger partial charge in [0.25, 0.3) is 0 Å². The van der Waals surface area contributed by atoms with Crippen LogP contribution in [0.25, 0.3) is 0 Å². The lowest BCUT2D eigenvalue weighted by Crippen LogP contribution is -2.45. The lowest BCUT2D eigenvalue weighted by atomic mass is 9.92. The topological polar surface area (TPSA) is 66.8 Å². The molecule has 2 saturated heterocycles. The number of rotatable bonds is 4. The number of aliphatic carboxylic acids is 1.